The molecule has 3 N–H and O–H groups in total. The summed E-state index contributed by atoms with van der Waals surface area (Å²) in [4.78, 5) is 8.12. The molecule has 3 rings (SSSR count). The quantitative estimate of drug-likeness (QED) is 0.385. The van der Waals surface area contributed by atoms with E-state index < -0.39 is 0 Å². The number of benzene rings is 1. The van der Waals surface area contributed by atoms with E-state index in [4.69, 9.17) is 12.2 Å². The van der Waals surface area contributed by atoms with Gasteiger partial charge in [0.2, 0.25) is 10.6 Å². The number of nitrogens with zero attached hydrogens (tertiary/aromatic N) is 5. The largest absolute Gasteiger partial charge is 0.504 e. The zero-order chi connectivity index (χ0) is 15.5. The van der Waals surface area contributed by atoms with Crippen molar-refractivity contribution >= 4 is 18.4 Å². The number of rotatable bonds is 3. The molecule has 0 aliphatic carbocycles. The number of nitrogens with one attached hydrogen (secondary N) is 1. The van der Waals surface area contributed by atoms with E-state index in [0.29, 0.717) is 21.9 Å². The summed E-state index contributed by atoms with van der Waals surface area (Å²) in [5, 5.41) is 29.7. The minimum atomic E-state index is -0.228. The number of hydrogen-bond donors (Lipinski definition) is 3. The fraction of sp³-hybridized carbons (Fsp3) is 0. The molecule has 8 nitrogen and oxygen atoms in total. The van der Waals surface area contributed by atoms with Crippen molar-refractivity contribution in [2.75, 3.05) is 0 Å². The van der Waals surface area contributed by atoms with Crippen LogP contribution in [0.25, 0.3) is 11.5 Å². The van der Waals surface area contributed by atoms with E-state index >= 15 is 0 Å². The number of hydrogen-bond acceptors (Lipinski definition) is 7. The van der Waals surface area contributed by atoms with E-state index in [2.05, 4.69) is 25.3 Å². The maximum atomic E-state index is 9.47. The minimum absolute atomic E-state index is 0.197. The van der Waals surface area contributed by atoms with E-state index in [0.717, 1.165) is 0 Å². The smallest absolute Gasteiger partial charge is 0.216 e. The molecule has 2 heterocycles. The Kier molecular flexibility index (Phi) is 3.62. The van der Waals surface area contributed by atoms with Gasteiger partial charge in [-0.2, -0.15) is 14.9 Å². The molecule has 3 aromatic rings. The van der Waals surface area contributed by atoms with Crippen LogP contribution in [-0.4, -0.2) is 41.3 Å². The Labute approximate surface area is 129 Å². The van der Waals surface area contributed by atoms with Crippen molar-refractivity contribution in [2.45, 2.75) is 0 Å². The van der Waals surface area contributed by atoms with Crippen LogP contribution < -0.4 is 0 Å². The molecule has 0 aliphatic heterocycles. The normalized spacial score (nSPS) is 11.1. The molecule has 22 heavy (non-hydrogen) atoms. The maximum Gasteiger partial charge on any atom is 0.216 e. The predicted octanol–water partition coefficient (Wildman–Crippen LogP) is 1.69. The Hall–Kier alpha value is -3.07. The topological polar surface area (TPSA) is 112 Å². The summed E-state index contributed by atoms with van der Waals surface area (Å²) < 4.78 is 1.68. The van der Waals surface area contributed by atoms with Crippen molar-refractivity contribution in [1.29, 1.82) is 0 Å². The van der Waals surface area contributed by atoms with Gasteiger partial charge in [-0.1, -0.05) is 0 Å². The lowest BCUT2D eigenvalue weighted by atomic mass is 10.2. The first-order valence-electron chi connectivity index (χ1n) is 6.15. The molecule has 2 aromatic heterocycles. The van der Waals surface area contributed by atoms with Crippen molar-refractivity contribution in [1.82, 2.24) is 24.8 Å². The van der Waals surface area contributed by atoms with Crippen molar-refractivity contribution in [2.24, 2.45) is 5.10 Å². The molecule has 110 valence electrons. The van der Waals surface area contributed by atoms with Crippen LogP contribution in [0.2, 0.25) is 0 Å². The number of phenolic OH excluding ortho intramolecular Hbond substituents is 2. The van der Waals surface area contributed by atoms with Crippen LogP contribution in [0.4, 0.5) is 0 Å². The van der Waals surface area contributed by atoms with Gasteiger partial charge in [0.25, 0.3) is 0 Å². The summed E-state index contributed by atoms with van der Waals surface area (Å²) in [7, 11) is 0. The Morgan fingerprint density at radius 3 is 2.82 bits per heavy atom. The lowest BCUT2D eigenvalue weighted by molar-refractivity contribution is 0.403. The Balaban J connectivity index is 1.99. The summed E-state index contributed by atoms with van der Waals surface area (Å²) in [5.74, 6) is -0.0106. The average molecular weight is 314 g/mol. The lowest BCUT2D eigenvalue weighted by Gasteiger charge is -2.00. The zero-order valence-corrected chi connectivity index (χ0v) is 11.9. The first-order chi connectivity index (χ1) is 10.6. The van der Waals surface area contributed by atoms with Crippen molar-refractivity contribution < 1.29 is 10.2 Å². The van der Waals surface area contributed by atoms with E-state index in [1.165, 1.54) is 23.0 Å². The van der Waals surface area contributed by atoms with Crippen LogP contribution in [0.5, 0.6) is 11.5 Å². The third-order valence-electron chi connectivity index (χ3n) is 2.76. The molecular formula is C13H10N6O2S. The van der Waals surface area contributed by atoms with Crippen LogP contribution in [0.3, 0.4) is 0 Å². The highest BCUT2D eigenvalue weighted by molar-refractivity contribution is 7.71. The highest BCUT2D eigenvalue weighted by atomic mass is 32.1. The predicted molar refractivity (Wildman–Crippen MR) is 81.2 cm³/mol. The maximum absolute atomic E-state index is 9.47. The first kappa shape index (κ1) is 13.9. The molecular weight excluding hydrogens is 304 g/mol. The Morgan fingerprint density at radius 1 is 1.23 bits per heavy atom. The van der Waals surface area contributed by atoms with Gasteiger partial charge in [-0.05, 0) is 36.0 Å². The van der Waals surface area contributed by atoms with E-state index in [1.807, 2.05) is 0 Å². The van der Waals surface area contributed by atoms with Gasteiger partial charge in [0.05, 0.1) is 12.4 Å². The van der Waals surface area contributed by atoms with Gasteiger partial charge >= 0.3 is 0 Å². The van der Waals surface area contributed by atoms with Crippen LogP contribution in [-0.2, 0) is 0 Å². The number of aromatic hydroxyl groups is 2. The number of aromatic nitrogens is 5. The van der Waals surface area contributed by atoms with Gasteiger partial charge in [-0.3, -0.25) is 4.98 Å². The average Bonchev–Trinajstić information content (AvgIpc) is 2.90. The molecule has 0 saturated carbocycles. The fourth-order valence-electron chi connectivity index (χ4n) is 1.72. The summed E-state index contributed by atoms with van der Waals surface area (Å²) in [6, 6.07) is 4.35. The molecule has 0 bridgehead atoms. The molecule has 0 spiro atoms. The second kappa shape index (κ2) is 5.74. The van der Waals surface area contributed by atoms with Crippen LogP contribution >= 0.6 is 12.2 Å². The molecule has 0 fully saturated rings. The van der Waals surface area contributed by atoms with E-state index in [9.17, 15) is 10.2 Å². The molecule has 9 heteroatoms. The molecule has 0 atom stereocenters. The van der Waals surface area contributed by atoms with E-state index in [-0.39, 0.29) is 11.5 Å². The Morgan fingerprint density at radius 2 is 2.09 bits per heavy atom. The number of phenols is 2. The molecule has 1 aromatic carbocycles. The second-order valence-electron chi connectivity index (χ2n) is 4.25. The van der Waals surface area contributed by atoms with Gasteiger partial charge in [0, 0.05) is 12.4 Å². The highest BCUT2D eigenvalue weighted by Gasteiger charge is 2.09. The lowest BCUT2D eigenvalue weighted by Crippen LogP contribution is -1.96. The van der Waals surface area contributed by atoms with Crippen LogP contribution in [0.1, 0.15) is 5.56 Å². The highest BCUT2D eigenvalue weighted by Crippen LogP contribution is 2.24. The third kappa shape index (κ3) is 2.69. The summed E-state index contributed by atoms with van der Waals surface area (Å²) in [5.41, 5.74) is 1.10. The molecule has 0 aliphatic rings. The molecule has 0 radical (unpaired) electrons. The number of H-pyrrole nitrogens is 1. The Bertz CT molecular complexity index is 887. The van der Waals surface area contributed by atoms with Crippen molar-refractivity contribution in [3.63, 3.8) is 0 Å². The van der Waals surface area contributed by atoms with Gasteiger partial charge in [-0.25, -0.2) is 10.1 Å². The first-order valence-corrected chi connectivity index (χ1v) is 6.56. The van der Waals surface area contributed by atoms with Crippen molar-refractivity contribution in [3.05, 3.63) is 47.1 Å². The van der Waals surface area contributed by atoms with Gasteiger partial charge in [-0.15, -0.1) is 0 Å². The SMILES string of the molecule is Oc1ccc(/C=N/n2c(-c3cnccn3)n[nH]c2=S)cc1O. The van der Waals surface area contributed by atoms with Gasteiger partial charge in [0.15, 0.2) is 11.5 Å². The monoisotopic (exact) mass is 314 g/mol. The summed E-state index contributed by atoms with van der Waals surface area (Å²) >= 11 is 5.13. The molecule has 0 amide bonds. The summed E-state index contributed by atoms with van der Waals surface area (Å²) in [6.07, 6.45) is 6.12. The van der Waals surface area contributed by atoms with Gasteiger partial charge in [0.1, 0.15) is 5.69 Å². The third-order valence-corrected chi connectivity index (χ3v) is 3.03. The van der Waals surface area contributed by atoms with E-state index in [1.54, 1.807) is 24.7 Å². The number of aromatic amines is 1. The van der Waals surface area contributed by atoms with Crippen molar-refractivity contribution in [3.8, 4) is 23.0 Å². The van der Waals surface area contributed by atoms with Crippen LogP contribution in [0, 0.1) is 4.77 Å². The summed E-state index contributed by atoms with van der Waals surface area (Å²) in [6.45, 7) is 0. The van der Waals surface area contributed by atoms with Gasteiger partial charge < -0.3 is 10.2 Å². The standard InChI is InChI=1S/C13H10N6O2S/c20-10-2-1-8(5-11(10)21)6-16-19-12(17-18-13(19)22)9-7-14-3-4-15-9/h1-7,20-21H,(H,18,22)/b16-6+. The second-order valence-corrected chi connectivity index (χ2v) is 4.63. The molecule has 0 unspecified atom stereocenters. The van der Waals surface area contributed by atoms with Crippen LogP contribution in [0.15, 0.2) is 41.9 Å². The molecule has 0 saturated heterocycles. The fourth-order valence-corrected chi connectivity index (χ4v) is 1.90. The minimum Gasteiger partial charge on any atom is -0.504 e. The zero-order valence-electron chi connectivity index (χ0n) is 11.1.